The Labute approximate surface area is 185 Å². The summed E-state index contributed by atoms with van der Waals surface area (Å²) >= 11 is 1.66. The van der Waals surface area contributed by atoms with Crippen molar-refractivity contribution in [3.63, 3.8) is 0 Å². The Bertz CT molecular complexity index is 534. The van der Waals surface area contributed by atoms with Crippen LogP contribution in [0.4, 0.5) is 0 Å². The largest absolute Gasteiger partial charge is 0.414 e. The van der Waals surface area contributed by atoms with Gasteiger partial charge in [-0.15, -0.1) is 11.8 Å². The van der Waals surface area contributed by atoms with E-state index in [4.69, 9.17) is 17.7 Å². The van der Waals surface area contributed by atoms with Gasteiger partial charge in [-0.05, 0) is 22.2 Å². The molecule has 2 heterocycles. The first-order valence-electron chi connectivity index (χ1n) is 11.2. The highest BCUT2D eigenvalue weighted by Gasteiger charge is 2.61. The Morgan fingerprint density at radius 1 is 0.862 bits per heavy atom. The van der Waals surface area contributed by atoms with E-state index in [1.54, 1.807) is 11.8 Å². The monoisotopic (exact) mass is 464 g/mol. The van der Waals surface area contributed by atoms with Crippen molar-refractivity contribution in [2.45, 2.75) is 127 Å². The van der Waals surface area contributed by atoms with E-state index in [1.807, 2.05) is 0 Å². The van der Waals surface area contributed by atoms with E-state index in [9.17, 15) is 5.11 Å². The topological polar surface area (TPSA) is 57.2 Å². The van der Waals surface area contributed by atoms with Crippen LogP contribution < -0.4 is 0 Å². The zero-order valence-electron chi connectivity index (χ0n) is 20.3. The standard InChI is InChI=1S/C21H44O5SSi2/c1-13(2)28(14(3)4)23-12-17-19(18(22)20(24-17)27-21(9,10)11)25-29(26-28,15(5)6)16(7)8/h13-20,22H,12H2,1-11H3/t17-,18-,19-,20+/m1/s1. The van der Waals surface area contributed by atoms with Gasteiger partial charge in [0.15, 0.2) is 0 Å². The van der Waals surface area contributed by atoms with Gasteiger partial charge in [-0.25, -0.2) is 0 Å². The number of ether oxygens (including phenoxy) is 1. The van der Waals surface area contributed by atoms with Gasteiger partial charge in [0.2, 0.25) is 0 Å². The molecule has 0 aromatic carbocycles. The van der Waals surface area contributed by atoms with Gasteiger partial charge in [-0.3, -0.25) is 0 Å². The van der Waals surface area contributed by atoms with Gasteiger partial charge < -0.3 is 22.8 Å². The maximum absolute atomic E-state index is 11.2. The maximum atomic E-state index is 11.2. The van der Waals surface area contributed by atoms with Crippen LogP contribution in [0.1, 0.15) is 76.2 Å². The zero-order chi connectivity index (χ0) is 22.4. The molecule has 2 aliphatic heterocycles. The Hall–Kier alpha value is 0.584. The third-order valence-electron chi connectivity index (χ3n) is 6.09. The van der Waals surface area contributed by atoms with E-state index in [2.05, 4.69) is 76.2 Å². The molecule has 1 N–H and O–H groups in total. The SMILES string of the molecule is CC(C)[Si]1(C(C)C)OC[C@H]2O[C@@H](SC(C)(C)C)[C@H](O)[C@@H]2O[Si](C(C)C)(C(C)C)O1. The second-order valence-electron chi connectivity index (χ2n) is 10.8. The summed E-state index contributed by atoms with van der Waals surface area (Å²) in [5, 5.41) is 11.2. The molecule has 0 unspecified atom stereocenters. The van der Waals surface area contributed by atoms with E-state index in [1.165, 1.54) is 0 Å². The van der Waals surface area contributed by atoms with Crippen LogP contribution in [0.3, 0.4) is 0 Å². The highest BCUT2D eigenvalue weighted by Crippen LogP contribution is 2.48. The predicted octanol–water partition coefficient (Wildman–Crippen LogP) is 5.56. The van der Waals surface area contributed by atoms with Crippen LogP contribution in [0.25, 0.3) is 0 Å². The van der Waals surface area contributed by atoms with Crippen molar-refractivity contribution in [2.24, 2.45) is 0 Å². The van der Waals surface area contributed by atoms with Crippen LogP contribution in [-0.2, 0) is 17.7 Å². The van der Waals surface area contributed by atoms with Crippen LogP contribution in [0.2, 0.25) is 22.2 Å². The van der Waals surface area contributed by atoms with Gasteiger partial charge in [0.05, 0.1) is 6.61 Å². The van der Waals surface area contributed by atoms with Crippen molar-refractivity contribution in [3.05, 3.63) is 0 Å². The smallest absolute Gasteiger partial charge is 0.335 e. The van der Waals surface area contributed by atoms with E-state index < -0.39 is 29.3 Å². The third-order valence-corrected chi connectivity index (χ3v) is 17.7. The minimum Gasteiger partial charge on any atom is -0.414 e. The maximum Gasteiger partial charge on any atom is 0.335 e. The Kier molecular flexibility index (Phi) is 8.21. The number of hydrogen-bond acceptors (Lipinski definition) is 6. The normalized spacial score (nSPS) is 32.7. The molecule has 5 nitrogen and oxygen atoms in total. The van der Waals surface area contributed by atoms with E-state index in [0.29, 0.717) is 17.7 Å². The number of hydrogen-bond donors (Lipinski definition) is 1. The van der Waals surface area contributed by atoms with Crippen molar-refractivity contribution >= 4 is 28.9 Å². The van der Waals surface area contributed by atoms with Gasteiger partial charge >= 0.3 is 17.1 Å². The van der Waals surface area contributed by atoms with Crippen LogP contribution in [-0.4, -0.2) is 57.3 Å². The van der Waals surface area contributed by atoms with Gasteiger partial charge in [-0.2, -0.15) is 0 Å². The van der Waals surface area contributed by atoms with E-state index in [-0.39, 0.29) is 27.4 Å². The molecule has 8 heteroatoms. The van der Waals surface area contributed by atoms with Crippen molar-refractivity contribution in [1.29, 1.82) is 0 Å². The Balaban J connectivity index is 2.49. The molecule has 0 bridgehead atoms. The molecule has 0 amide bonds. The Morgan fingerprint density at radius 2 is 1.34 bits per heavy atom. The summed E-state index contributed by atoms with van der Waals surface area (Å²) in [5.74, 6) is 0. The van der Waals surface area contributed by atoms with Crippen molar-refractivity contribution in [3.8, 4) is 0 Å². The fourth-order valence-electron chi connectivity index (χ4n) is 4.57. The van der Waals surface area contributed by atoms with Gasteiger partial charge in [0, 0.05) is 4.75 Å². The third kappa shape index (κ3) is 5.16. The van der Waals surface area contributed by atoms with Crippen LogP contribution in [0, 0.1) is 0 Å². The molecule has 0 aromatic heterocycles. The minimum absolute atomic E-state index is 0.0123. The highest BCUT2D eigenvalue weighted by atomic mass is 32.2. The molecule has 0 spiro atoms. The first kappa shape index (κ1) is 25.8. The summed E-state index contributed by atoms with van der Waals surface area (Å²) in [6, 6.07) is 0. The first-order valence-corrected chi connectivity index (χ1v) is 16.0. The molecule has 172 valence electrons. The molecule has 2 saturated heterocycles. The molecule has 2 aliphatic rings. The van der Waals surface area contributed by atoms with Crippen LogP contribution >= 0.6 is 11.8 Å². The molecule has 29 heavy (non-hydrogen) atoms. The molecular weight excluding hydrogens is 420 g/mol. The Morgan fingerprint density at radius 3 is 1.76 bits per heavy atom. The molecule has 0 saturated carbocycles. The molecule has 0 aromatic rings. The fourth-order valence-corrected chi connectivity index (χ4v) is 17.0. The van der Waals surface area contributed by atoms with Gasteiger partial charge in [0.25, 0.3) is 0 Å². The average Bonchev–Trinajstić information content (AvgIpc) is 2.80. The van der Waals surface area contributed by atoms with Crippen molar-refractivity contribution in [1.82, 2.24) is 0 Å². The molecule has 2 fully saturated rings. The zero-order valence-corrected chi connectivity index (χ0v) is 23.1. The lowest BCUT2D eigenvalue weighted by molar-refractivity contribution is -0.0315. The highest BCUT2D eigenvalue weighted by molar-refractivity contribution is 8.01. The predicted molar refractivity (Wildman–Crippen MR) is 126 cm³/mol. The van der Waals surface area contributed by atoms with E-state index in [0.717, 1.165) is 0 Å². The second-order valence-corrected chi connectivity index (χ2v) is 21.6. The van der Waals surface area contributed by atoms with Gasteiger partial charge in [-0.1, -0.05) is 76.2 Å². The quantitative estimate of drug-likeness (QED) is 0.538. The number of rotatable bonds is 5. The first-order chi connectivity index (χ1) is 13.2. The second kappa shape index (κ2) is 9.21. The lowest BCUT2D eigenvalue weighted by Gasteiger charge is -2.51. The van der Waals surface area contributed by atoms with Gasteiger partial charge in [0.1, 0.15) is 23.7 Å². The van der Waals surface area contributed by atoms with Crippen LogP contribution in [0.15, 0.2) is 0 Å². The molecule has 0 radical (unpaired) electrons. The number of thioether (sulfide) groups is 1. The summed E-state index contributed by atoms with van der Waals surface area (Å²) in [6.07, 6.45) is -1.35. The van der Waals surface area contributed by atoms with E-state index >= 15 is 0 Å². The minimum atomic E-state index is -2.71. The molecular formula is C21H44O5SSi2. The lowest BCUT2D eigenvalue weighted by Crippen LogP contribution is -2.65. The average molecular weight is 465 g/mol. The number of aliphatic hydroxyl groups is 1. The van der Waals surface area contributed by atoms with Crippen molar-refractivity contribution < 1.29 is 22.8 Å². The van der Waals surface area contributed by atoms with Crippen molar-refractivity contribution in [2.75, 3.05) is 6.61 Å². The molecule has 4 atom stereocenters. The number of fused-ring (bicyclic) bond motifs is 1. The summed E-state index contributed by atoms with van der Waals surface area (Å²) in [5.41, 5.74) is 0.787. The molecule has 0 aliphatic carbocycles. The van der Waals surface area contributed by atoms with Crippen LogP contribution in [0.5, 0.6) is 0 Å². The lowest BCUT2D eigenvalue weighted by atomic mass is 10.2. The summed E-state index contributed by atoms with van der Waals surface area (Å²) in [4.78, 5) is 0. The molecule has 2 rings (SSSR count). The summed E-state index contributed by atoms with van der Waals surface area (Å²) in [7, 11) is -5.27. The summed E-state index contributed by atoms with van der Waals surface area (Å²) < 4.78 is 27.1. The summed E-state index contributed by atoms with van der Waals surface area (Å²) in [6.45, 7) is 24.5. The number of aliphatic hydroxyl groups excluding tert-OH is 1. The fraction of sp³-hybridized carbons (Fsp3) is 1.00.